The Morgan fingerprint density at radius 2 is 1.00 bits per heavy atom. The van der Waals surface area contributed by atoms with E-state index in [4.69, 9.17) is 0 Å². The van der Waals surface area contributed by atoms with Gasteiger partial charge in [-0.3, -0.25) is 0 Å². The van der Waals surface area contributed by atoms with Gasteiger partial charge < -0.3 is 0 Å². The molecular weight excluding hydrogens is 409 g/mol. The molecule has 0 aliphatic rings. The van der Waals surface area contributed by atoms with Crippen LogP contribution in [-0.4, -0.2) is 17.8 Å². The maximum atomic E-state index is 9.94. The summed E-state index contributed by atoms with van der Waals surface area (Å²) in [6.07, 6.45) is 4.59. The summed E-state index contributed by atoms with van der Waals surface area (Å²) in [7, 11) is -2.12. The summed E-state index contributed by atoms with van der Waals surface area (Å²) in [5.74, 6) is 0.316. The van der Waals surface area contributed by atoms with Crippen molar-refractivity contribution >= 4 is 28.9 Å². The Hall–Kier alpha value is -3.09. The van der Waals surface area contributed by atoms with Crippen LogP contribution >= 0.6 is 7.26 Å². The van der Waals surface area contributed by atoms with Crippen molar-refractivity contribution < 1.29 is 5.11 Å². The van der Waals surface area contributed by atoms with E-state index in [1.165, 1.54) is 28.5 Å². The van der Waals surface area contributed by atoms with Gasteiger partial charge in [0.15, 0.2) is 0 Å². The quantitative estimate of drug-likeness (QED) is 0.188. The fourth-order valence-electron chi connectivity index (χ4n) is 4.64. The van der Waals surface area contributed by atoms with Crippen LogP contribution in [0.25, 0.3) is 0 Å². The number of rotatable bonds is 10. The molecule has 0 heterocycles. The molecule has 0 aliphatic carbocycles. The van der Waals surface area contributed by atoms with E-state index >= 15 is 0 Å². The first-order chi connectivity index (χ1) is 15.8. The van der Waals surface area contributed by atoms with Crippen LogP contribution in [0.1, 0.15) is 19.3 Å². The van der Waals surface area contributed by atoms with Gasteiger partial charge >= 0.3 is 192 Å². The van der Waals surface area contributed by atoms with Gasteiger partial charge in [0.05, 0.1) is 0 Å². The van der Waals surface area contributed by atoms with Crippen molar-refractivity contribution in [2.45, 2.75) is 19.3 Å². The van der Waals surface area contributed by atoms with E-state index in [9.17, 15) is 5.11 Å². The van der Waals surface area contributed by atoms with Crippen LogP contribution in [0.15, 0.2) is 115 Å². The molecular formula is C29H32NOP. The first kappa shape index (κ1) is 22.1. The minimum atomic E-state index is -2.12. The van der Waals surface area contributed by atoms with Gasteiger partial charge in [0.2, 0.25) is 0 Å². The molecule has 0 amide bonds. The molecule has 0 atom stereocenters. The fourth-order valence-corrected chi connectivity index (χ4v) is 9.57. The van der Waals surface area contributed by atoms with E-state index < -0.39 is 7.26 Å². The fraction of sp³-hybridized carbons (Fsp3) is 0.172. The van der Waals surface area contributed by atoms with Crippen LogP contribution in [0.4, 0.5) is 5.69 Å². The van der Waals surface area contributed by atoms with Gasteiger partial charge in [0, 0.05) is 0 Å². The van der Waals surface area contributed by atoms with Crippen molar-refractivity contribution in [2.75, 3.05) is 18.0 Å². The van der Waals surface area contributed by atoms with Crippen LogP contribution in [-0.2, 0) is 0 Å². The molecule has 4 aromatic rings. The molecule has 3 heteroatoms. The number of phenolic OH excluding ortho intramolecular Hbond substituents is 1. The Kier molecular flexibility index (Phi) is 7.59. The monoisotopic (exact) mass is 441 g/mol. The average Bonchev–Trinajstić information content (AvgIpc) is 2.86. The Bertz CT molecular complexity index is 987. The Labute approximate surface area is 192 Å². The molecule has 0 spiro atoms. The van der Waals surface area contributed by atoms with E-state index in [2.05, 4.69) is 96.3 Å². The number of nitrogens with one attached hydrogen (secondary N) is 1. The van der Waals surface area contributed by atoms with Crippen molar-refractivity contribution in [2.24, 2.45) is 0 Å². The molecule has 0 unspecified atom stereocenters. The number of anilines is 1. The molecule has 0 aromatic heterocycles. The van der Waals surface area contributed by atoms with E-state index in [1.54, 1.807) is 6.07 Å². The third kappa shape index (κ3) is 5.03. The van der Waals surface area contributed by atoms with E-state index in [-0.39, 0.29) is 0 Å². The predicted molar refractivity (Wildman–Crippen MR) is 142 cm³/mol. The molecule has 164 valence electrons. The summed E-state index contributed by atoms with van der Waals surface area (Å²) in [5, 5.41) is 17.7. The number of para-hydroxylation sites is 2. The Balaban J connectivity index is 1.53. The van der Waals surface area contributed by atoms with Crippen molar-refractivity contribution in [1.82, 2.24) is 0 Å². The molecule has 0 bridgehead atoms. The Morgan fingerprint density at radius 3 is 1.50 bits per heavy atom. The minimum absolute atomic E-state index is 0.316. The van der Waals surface area contributed by atoms with Crippen molar-refractivity contribution in [3.05, 3.63) is 115 Å². The van der Waals surface area contributed by atoms with Crippen LogP contribution < -0.4 is 21.2 Å². The first-order valence-electron chi connectivity index (χ1n) is 11.5. The maximum absolute atomic E-state index is 9.94. The normalized spacial score (nSPS) is 11.8. The summed E-state index contributed by atoms with van der Waals surface area (Å²) >= 11 is 0. The van der Waals surface area contributed by atoms with Crippen molar-refractivity contribution in [1.29, 1.82) is 0 Å². The van der Waals surface area contributed by atoms with Gasteiger partial charge in [-0.15, -0.1) is 0 Å². The van der Waals surface area contributed by atoms with Crippen LogP contribution in [0, 0.1) is 0 Å². The summed E-state index contributed by atoms with van der Waals surface area (Å²) in [6.45, 7) is 0.869. The number of benzene rings is 4. The molecule has 0 aliphatic heterocycles. The van der Waals surface area contributed by atoms with Gasteiger partial charge in [-0.1, -0.05) is 0 Å². The third-order valence-electron chi connectivity index (χ3n) is 6.25. The van der Waals surface area contributed by atoms with Crippen LogP contribution in [0.5, 0.6) is 5.75 Å². The number of aromatic hydroxyl groups is 1. The van der Waals surface area contributed by atoms with Crippen LogP contribution in [0.2, 0.25) is 0 Å². The molecule has 32 heavy (non-hydrogen) atoms. The van der Waals surface area contributed by atoms with Gasteiger partial charge in [0.25, 0.3) is 0 Å². The number of phenols is 1. The van der Waals surface area contributed by atoms with E-state index in [0.29, 0.717) is 5.75 Å². The van der Waals surface area contributed by atoms with Gasteiger partial charge in [-0.25, -0.2) is 0 Å². The zero-order chi connectivity index (χ0) is 22.1. The standard InChI is InChI=1S/C29H32NOP/c31-29-22-12-11-21-28(29)30-23-13-4-14-24-32(25-15-5-1-6-16-25,26-17-7-2-8-18-26)27-19-9-3-10-20-27/h1-3,5-12,15-22,30-32H,4,13-14,23-24H2. The SMILES string of the molecule is Oc1ccccc1NCCCCC[PH](c1ccccc1)(c1ccccc1)c1ccccc1. The molecule has 4 rings (SSSR count). The zero-order valence-electron chi connectivity index (χ0n) is 18.5. The average molecular weight is 442 g/mol. The molecule has 0 fully saturated rings. The second-order valence-electron chi connectivity index (χ2n) is 8.26. The number of unbranched alkanes of at least 4 members (excludes halogenated alkanes) is 2. The topological polar surface area (TPSA) is 32.3 Å². The zero-order valence-corrected chi connectivity index (χ0v) is 19.5. The molecule has 0 saturated carbocycles. The van der Waals surface area contributed by atoms with Crippen molar-refractivity contribution in [3.8, 4) is 5.75 Å². The van der Waals surface area contributed by atoms with Crippen molar-refractivity contribution in [3.63, 3.8) is 0 Å². The van der Waals surface area contributed by atoms with E-state index in [1.807, 2.05) is 18.2 Å². The van der Waals surface area contributed by atoms with Gasteiger partial charge in [-0.2, -0.15) is 0 Å². The Morgan fingerprint density at radius 1 is 0.531 bits per heavy atom. The van der Waals surface area contributed by atoms with Gasteiger partial charge in [-0.05, 0) is 0 Å². The second-order valence-corrected chi connectivity index (χ2v) is 12.3. The molecule has 4 aromatic carbocycles. The van der Waals surface area contributed by atoms with E-state index in [0.717, 1.165) is 25.1 Å². The van der Waals surface area contributed by atoms with Gasteiger partial charge in [0.1, 0.15) is 0 Å². The molecule has 0 saturated heterocycles. The summed E-state index contributed by atoms with van der Waals surface area (Å²) in [5.41, 5.74) is 0.814. The third-order valence-corrected chi connectivity index (χ3v) is 11.3. The molecule has 0 radical (unpaired) electrons. The summed E-state index contributed by atoms with van der Waals surface area (Å²) in [4.78, 5) is 0. The second kappa shape index (κ2) is 11.0. The summed E-state index contributed by atoms with van der Waals surface area (Å²) < 4.78 is 0. The number of hydrogen-bond donors (Lipinski definition) is 2. The molecule has 2 N–H and O–H groups in total. The van der Waals surface area contributed by atoms with Crippen LogP contribution in [0.3, 0.4) is 0 Å². The predicted octanol–water partition coefficient (Wildman–Crippen LogP) is 5.70. The number of hydrogen-bond acceptors (Lipinski definition) is 2. The summed E-state index contributed by atoms with van der Waals surface area (Å²) in [6, 6.07) is 40.8. The first-order valence-corrected chi connectivity index (χ1v) is 13.7. The molecule has 2 nitrogen and oxygen atoms in total.